The Balaban J connectivity index is 2.85. The van der Waals surface area contributed by atoms with Crippen LogP contribution in [-0.4, -0.2) is 40.7 Å². The van der Waals surface area contributed by atoms with E-state index < -0.39 is 27.6 Å². The molecule has 0 fully saturated rings. The zero-order valence-corrected chi connectivity index (χ0v) is 15.2. The lowest BCUT2D eigenvalue weighted by Gasteiger charge is -2.44. The molecular weight excluding hydrogens is 380 g/mol. The van der Waals surface area contributed by atoms with Crippen molar-refractivity contribution in [2.45, 2.75) is 23.6 Å². The zero-order valence-electron chi connectivity index (χ0n) is 13.6. The molecule has 1 aromatic carbocycles. The van der Waals surface area contributed by atoms with Gasteiger partial charge in [-0.25, -0.2) is 0 Å². The Hall–Kier alpha value is -2.02. The second-order valence-corrected chi connectivity index (χ2v) is 7.29. The summed E-state index contributed by atoms with van der Waals surface area (Å²) >= 11 is 3.31. The van der Waals surface area contributed by atoms with Crippen LogP contribution in [0.25, 0.3) is 0 Å². The molecule has 2 N–H and O–H groups in total. The minimum atomic E-state index is -1.50. The Morgan fingerprint density at radius 2 is 1.71 bits per heavy atom. The molecule has 0 aliphatic heterocycles. The van der Waals surface area contributed by atoms with Crippen molar-refractivity contribution in [2.24, 2.45) is 5.41 Å². The average Bonchev–Trinajstić information content (AvgIpc) is 2.54. The Bertz CT molecular complexity index is 678. The van der Waals surface area contributed by atoms with Gasteiger partial charge in [0.25, 0.3) is 0 Å². The van der Waals surface area contributed by atoms with Gasteiger partial charge in [-0.1, -0.05) is 34.1 Å². The van der Waals surface area contributed by atoms with Crippen LogP contribution < -0.4 is 9.47 Å². The highest BCUT2D eigenvalue weighted by atomic mass is 79.9. The SMILES string of the molecule is COc1cccc(OC)c1C1C(C)(C(=O)O)C=CCC1(Br)C(=O)O. The number of aliphatic carboxylic acids is 2. The van der Waals surface area contributed by atoms with Gasteiger partial charge in [0.05, 0.1) is 19.6 Å². The standard InChI is InChI=1S/C17H19BrO6/c1-16(14(19)20)8-5-9-17(18,15(21)22)13(16)12-10(23-2)6-4-7-11(12)24-3/h4-8,13H,9H2,1-3H3,(H,19,20)(H,21,22). The second kappa shape index (κ2) is 6.47. The maximum Gasteiger partial charge on any atom is 0.321 e. The summed E-state index contributed by atoms with van der Waals surface area (Å²) in [5.41, 5.74) is -1.04. The first-order valence-corrected chi connectivity index (χ1v) is 8.06. The Labute approximate surface area is 148 Å². The summed E-state index contributed by atoms with van der Waals surface area (Å²) in [5, 5.41) is 19.6. The van der Waals surface area contributed by atoms with Crippen LogP contribution in [0, 0.1) is 5.41 Å². The average molecular weight is 399 g/mol. The van der Waals surface area contributed by atoms with Crippen LogP contribution in [0.4, 0.5) is 0 Å². The van der Waals surface area contributed by atoms with Gasteiger partial charge in [0, 0.05) is 11.5 Å². The molecule has 1 aromatic rings. The number of alkyl halides is 1. The molecule has 0 radical (unpaired) electrons. The van der Waals surface area contributed by atoms with Crippen molar-refractivity contribution in [1.29, 1.82) is 0 Å². The molecule has 2 rings (SSSR count). The number of ether oxygens (including phenoxy) is 2. The third-order valence-corrected chi connectivity index (χ3v) is 5.63. The number of allylic oxidation sites excluding steroid dienone is 1. The van der Waals surface area contributed by atoms with Gasteiger partial charge in [-0.2, -0.15) is 0 Å². The first-order valence-electron chi connectivity index (χ1n) is 7.26. The van der Waals surface area contributed by atoms with Gasteiger partial charge in [0.2, 0.25) is 0 Å². The van der Waals surface area contributed by atoms with Crippen molar-refractivity contribution in [3.8, 4) is 11.5 Å². The molecule has 0 aromatic heterocycles. The molecule has 1 aliphatic rings. The van der Waals surface area contributed by atoms with Crippen LogP contribution in [0.5, 0.6) is 11.5 Å². The van der Waals surface area contributed by atoms with Crippen molar-refractivity contribution in [3.63, 3.8) is 0 Å². The van der Waals surface area contributed by atoms with E-state index in [9.17, 15) is 19.8 Å². The van der Waals surface area contributed by atoms with Crippen LogP contribution in [0.3, 0.4) is 0 Å². The molecule has 0 spiro atoms. The van der Waals surface area contributed by atoms with E-state index in [1.54, 1.807) is 24.3 Å². The van der Waals surface area contributed by atoms with E-state index in [0.29, 0.717) is 17.1 Å². The summed E-state index contributed by atoms with van der Waals surface area (Å²) in [7, 11) is 2.90. The van der Waals surface area contributed by atoms with E-state index in [4.69, 9.17) is 9.47 Å². The van der Waals surface area contributed by atoms with Crippen molar-refractivity contribution in [1.82, 2.24) is 0 Å². The lowest BCUT2D eigenvalue weighted by Crippen LogP contribution is -2.50. The fourth-order valence-electron chi connectivity index (χ4n) is 3.26. The molecule has 0 heterocycles. The molecule has 0 bridgehead atoms. The van der Waals surface area contributed by atoms with Gasteiger partial charge < -0.3 is 19.7 Å². The first kappa shape index (κ1) is 18.3. The molecule has 3 unspecified atom stereocenters. The van der Waals surface area contributed by atoms with E-state index in [2.05, 4.69) is 15.9 Å². The van der Waals surface area contributed by atoms with E-state index in [-0.39, 0.29) is 6.42 Å². The normalized spacial score (nSPS) is 29.1. The molecule has 0 amide bonds. The maximum atomic E-state index is 12.0. The van der Waals surface area contributed by atoms with E-state index in [0.717, 1.165) is 0 Å². The van der Waals surface area contributed by atoms with Gasteiger partial charge in [-0.15, -0.1) is 0 Å². The van der Waals surface area contributed by atoms with Crippen molar-refractivity contribution >= 4 is 27.9 Å². The molecular formula is C17H19BrO6. The van der Waals surface area contributed by atoms with Gasteiger partial charge in [-0.05, 0) is 25.5 Å². The minimum Gasteiger partial charge on any atom is -0.496 e. The van der Waals surface area contributed by atoms with Crippen LogP contribution in [0.15, 0.2) is 30.4 Å². The highest BCUT2D eigenvalue weighted by Gasteiger charge is 2.58. The monoisotopic (exact) mass is 398 g/mol. The predicted molar refractivity (Wildman–Crippen MR) is 91.1 cm³/mol. The second-order valence-electron chi connectivity index (χ2n) is 5.87. The highest BCUT2D eigenvalue weighted by molar-refractivity contribution is 9.10. The third kappa shape index (κ3) is 2.66. The summed E-state index contributed by atoms with van der Waals surface area (Å²) in [6.45, 7) is 1.50. The largest absolute Gasteiger partial charge is 0.496 e. The van der Waals surface area contributed by atoms with Crippen molar-refractivity contribution in [3.05, 3.63) is 35.9 Å². The number of halogens is 1. The highest BCUT2D eigenvalue weighted by Crippen LogP contribution is 2.57. The molecule has 0 saturated heterocycles. The summed E-state index contributed by atoms with van der Waals surface area (Å²) < 4.78 is 9.25. The van der Waals surface area contributed by atoms with Gasteiger partial charge in [0.15, 0.2) is 0 Å². The number of rotatable bonds is 5. The van der Waals surface area contributed by atoms with Gasteiger partial charge >= 0.3 is 11.9 Å². The molecule has 1 aliphatic carbocycles. The summed E-state index contributed by atoms with van der Waals surface area (Å²) in [5.74, 6) is -2.45. The molecule has 7 heteroatoms. The topological polar surface area (TPSA) is 93.1 Å². The van der Waals surface area contributed by atoms with E-state index in [1.165, 1.54) is 27.2 Å². The van der Waals surface area contributed by atoms with Crippen LogP contribution >= 0.6 is 15.9 Å². The molecule has 24 heavy (non-hydrogen) atoms. The van der Waals surface area contributed by atoms with Gasteiger partial charge in [-0.3, -0.25) is 9.59 Å². The minimum absolute atomic E-state index is 0.136. The number of hydrogen-bond donors (Lipinski definition) is 2. The number of benzene rings is 1. The lowest BCUT2D eigenvalue weighted by molar-refractivity contribution is -0.149. The van der Waals surface area contributed by atoms with Crippen LogP contribution in [0.1, 0.15) is 24.8 Å². The number of carboxylic acids is 2. The summed E-state index contributed by atoms with van der Waals surface area (Å²) in [6.07, 6.45) is 3.25. The number of methoxy groups -OCH3 is 2. The quantitative estimate of drug-likeness (QED) is 0.584. The third-order valence-electron chi connectivity index (χ3n) is 4.51. The summed E-state index contributed by atoms with van der Waals surface area (Å²) in [4.78, 5) is 24.0. The Morgan fingerprint density at radius 3 is 2.12 bits per heavy atom. The molecule has 0 saturated carbocycles. The van der Waals surface area contributed by atoms with E-state index >= 15 is 0 Å². The number of carboxylic acid groups (broad SMARTS) is 2. The Morgan fingerprint density at radius 1 is 1.17 bits per heavy atom. The Kier molecular flexibility index (Phi) is 4.94. The predicted octanol–water partition coefficient (Wildman–Crippen LogP) is 3.06. The molecule has 3 atom stereocenters. The molecule has 6 nitrogen and oxygen atoms in total. The first-order chi connectivity index (χ1) is 11.2. The number of hydrogen-bond acceptors (Lipinski definition) is 4. The van der Waals surface area contributed by atoms with Crippen LogP contribution in [-0.2, 0) is 9.59 Å². The van der Waals surface area contributed by atoms with Crippen molar-refractivity contribution < 1.29 is 29.3 Å². The van der Waals surface area contributed by atoms with Gasteiger partial charge in [0.1, 0.15) is 15.8 Å². The zero-order chi connectivity index (χ0) is 18.1. The number of carbonyl (C=O) groups is 2. The maximum absolute atomic E-state index is 12.0. The van der Waals surface area contributed by atoms with Crippen LogP contribution in [0.2, 0.25) is 0 Å². The summed E-state index contributed by atoms with van der Waals surface area (Å²) in [6, 6.07) is 5.02. The van der Waals surface area contributed by atoms with E-state index in [1.807, 2.05) is 0 Å². The fraction of sp³-hybridized carbons (Fsp3) is 0.412. The fourth-order valence-corrected chi connectivity index (χ4v) is 4.15. The lowest BCUT2D eigenvalue weighted by atomic mass is 9.62. The smallest absolute Gasteiger partial charge is 0.321 e. The molecule has 130 valence electrons. The van der Waals surface area contributed by atoms with Crippen molar-refractivity contribution in [2.75, 3.05) is 14.2 Å².